The van der Waals surface area contributed by atoms with E-state index in [-0.39, 0.29) is 18.1 Å². The maximum Gasteiger partial charge on any atom is 0.351 e. The molecule has 0 aliphatic carbocycles. The normalized spacial score (nSPS) is 17.4. The fourth-order valence-electron chi connectivity index (χ4n) is 2.80. The Morgan fingerprint density at radius 3 is 2.36 bits per heavy atom. The molecule has 0 fully saturated rings. The van der Waals surface area contributed by atoms with E-state index in [9.17, 15) is 13.6 Å². The lowest BCUT2D eigenvalue weighted by Crippen LogP contribution is -2.57. The lowest BCUT2D eigenvalue weighted by atomic mass is 9.53. The quantitative estimate of drug-likeness (QED) is 0.790. The smallest absolute Gasteiger partial charge is 0.351 e. The van der Waals surface area contributed by atoms with Crippen LogP contribution in [0, 0.1) is 11.6 Å². The van der Waals surface area contributed by atoms with Gasteiger partial charge in [0.2, 0.25) is 5.88 Å². The van der Waals surface area contributed by atoms with Gasteiger partial charge in [0.05, 0.1) is 15.7 Å². The van der Waals surface area contributed by atoms with Crippen LogP contribution in [0.3, 0.4) is 0 Å². The summed E-state index contributed by atoms with van der Waals surface area (Å²) in [5.74, 6) is -0.965. The molecule has 2 aromatic rings. The summed E-state index contributed by atoms with van der Waals surface area (Å²) in [5.41, 5.74) is -1.13. The molecule has 0 unspecified atom stereocenters. The first-order chi connectivity index (χ1) is 11.5. The van der Waals surface area contributed by atoms with Crippen molar-refractivity contribution < 1.29 is 13.5 Å². The van der Waals surface area contributed by atoms with Gasteiger partial charge in [-0.1, -0.05) is 0 Å². The van der Waals surface area contributed by atoms with E-state index in [4.69, 9.17) is 20.4 Å². The predicted octanol–water partition coefficient (Wildman–Crippen LogP) is 1.28. The van der Waals surface area contributed by atoms with E-state index < -0.39 is 28.2 Å². The lowest BCUT2D eigenvalue weighted by Gasteiger charge is -2.40. The van der Waals surface area contributed by atoms with Crippen molar-refractivity contribution in [2.24, 2.45) is 0 Å². The monoisotopic (exact) mass is 341 g/mol. The number of nitrogens with zero attached hydrogens (tertiary/aromatic N) is 3. The predicted molar refractivity (Wildman–Crippen MR) is 91.2 cm³/mol. The van der Waals surface area contributed by atoms with Gasteiger partial charge in [-0.3, -0.25) is 4.57 Å². The summed E-state index contributed by atoms with van der Waals surface area (Å²) in [6.45, 7) is 3.46. The first-order valence-electron chi connectivity index (χ1n) is 7.58. The molecule has 25 heavy (non-hydrogen) atoms. The molecule has 2 heterocycles. The van der Waals surface area contributed by atoms with Crippen molar-refractivity contribution in [3.05, 3.63) is 51.9 Å². The van der Waals surface area contributed by atoms with Gasteiger partial charge in [0.25, 0.3) is 0 Å². The number of rotatable bonds is 3. The second kappa shape index (κ2) is 5.61. The maximum absolute atomic E-state index is 13.2. The molecule has 1 aliphatic heterocycles. The molecular weight excluding hydrogens is 326 g/mol. The Kier molecular flexibility index (Phi) is 3.93. The molecule has 0 spiro atoms. The van der Waals surface area contributed by atoms with Crippen LogP contribution in [0.5, 0.6) is 5.88 Å². The number of aromatic nitrogens is 2. The Morgan fingerprint density at radius 2 is 1.76 bits per heavy atom. The highest BCUT2D eigenvalue weighted by molar-refractivity contribution is 6.39. The Hall–Kier alpha value is -2.31. The number of benzene rings is 1. The van der Waals surface area contributed by atoms with Crippen LogP contribution in [-0.4, -0.2) is 37.8 Å². The molecule has 0 saturated carbocycles. The van der Waals surface area contributed by atoms with Gasteiger partial charge in [0.1, 0.15) is 24.1 Å². The highest BCUT2D eigenvalue weighted by atomic mass is 19.1. The number of likely N-dealkylation sites (N-methyl/N-ethyl adjacent to an activating group) is 1. The zero-order valence-corrected chi connectivity index (χ0v) is 14.1. The second-order valence-corrected chi connectivity index (χ2v) is 6.58. The van der Waals surface area contributed by atoms with Gasteiger partial charge in [-0.25, -0.2) is 13.6 Å². The van der Waals surface area contributed by atoms with Crippen LogP contribution in [0.2, 0.25) is 0 Å². The van der Waals surface area contributed by atoms with Crippen molar-refractivity contribution in [1.82, 2.24) is 9.55 Å². The zero-order chi connectivity index (χ0) is 18.6. The van der Waals surface area contributed by atoms with Crippen molar-refractivity contribution in [1.29, 1.82) is 0 Å². The van der Waals surface area contributed by atoms with Crippen molar-refractivity contribution in [3.8, 4) is 5.88 Å². The van der Waals surface area contributed by atoms with Crippen LogP contribution >= 0.6 is 0 Å². The molecule has 0 atom stereocenters. The number of halogens is 2. The third-order valence-corrected chi connectivity index (χ3v) is 4.72. The molecule has 9 heteroatoms. The van der Waals surface area contributed by atoms with Crippen LogP contribution in [-0.2, 0) is 11.9 Å². The second-order valence-electron chi connectivity index (χ2n) is 6.58. The van der Waals surface area contributed by atoms with E-state index >= 15 is 0 Å². The van der Waals surface area contributed by atoms with E-state index in [0.29, 0.717) is 5.82 Å². The van der Waals surface area contributed by atoms with E-state index in [2.05, 4.69) is 4.98 Å². The minimum atomic E-state index is -1.45. The van der Waals surface area contributed by atoms with Gasteiger partial charge < -0.3 is 9.64 Å². The van der Waals surface area contributed by atoms with Crippen molar-refractivity contribution >= 4 is 21.5 Å². The summed E-state index contributed by atoms with van der Waals surface area (Å²) >= 11 is 0. The number of fused-ring (bicyclic) bond motifs is 1. The Morgan fingerprint density at radius 1 is 1.16 bits per heavy atom. The molecule has 126 valence electrons. The lowest BCUT2D eigenvalue weighted by molar-refractivity contribution is 0.289. The van der Waals surface area contributed by atoms with E-state index in [1.807, 2.05) is 0 Å². The van der Waals surface area contributed by atoms with Gasteiger partial charge in [0.15, 0.2) is 0 Å². The molecule has 0 amide bonds. The average Bonchev–Trinajstić information content (AvgIpc) is 2.62. The third-order valence-electron chi connectivity index (χ3n) is 4.72. The first-order valence-corrected chi connectivity index (χ1v) is 7.58. The fourth-order valence-corrected chi connectivity index (χ4v) is 2.80. The number of hydrogen-bond acceptors (Lipinski definition) is 4. The van der Waals surface area contributed by atoms with Gasteiger partial charge in [-0.05, 0) is 36.9 Å². The SMILES string of the molecule is [B]C1([B])n2c(cc(OCc3cc(F)cc(F)c3)nc2=O)N(C)C1(C)C. The topological polar surface area (TPSA) is 47.4 Å². The first kappa shape index (κ1) is 17.5. The Bertz CT molecular complexity index is 879. The molecule has 0 saturated heterocycles. The summed E-state index contributed by atoms with van der Waals surface area (Å²) < 4.78 is 33.1. The summed E-state index contributed by atoms with van der Waals surface area (Å²) in [6, 6.07) is 4.57. The van der Waals surface area contributed by atoms with E-state index in [0.717, 1.165) is 18.2 Å². The molecule has 0 N–H and O–H groups in total. The number of ether oxygens (including phenoxy) is 1. The van der Waals surface area contributed by atoms with E-state index in [1.54, 1.807) is 25.8 Å². The molecule has 4 radical (unpaired) electrons. The fraction of sp³-hybridized carbons (Fsp3) is 0.375. The van der Waals surface area contributed by atoms with Gasteiger partial charge >= 0.3 is 5.69 Å². The Labute approximate surface area is 146 Å². The number of anilines is 1. The van der Waals surface area contributed by atoms with E-state index in [1.165, 1.54) is 10.6 Å². The highest BCUT2D eigenvalue weighted by Crippen LogP contribution is 2.41. The van der Waals surface area contributed by atoms with Crippen molar-refractivity contribution in [3.63, 3.8) is 0 Å². The van der Waals surface area contributed by atoms with Gasteiger partial charge in [0, 0.05) is 24.7 Å². The van der Waals surface area contributed by atoms with Crippen LogP contribution in [0.4, 0.5) is 14.6 Å². The molecule has 0 bridgehead atoms. The molecular formula is C16H15B2F2N3O2. The van der Waals surface area contributed by atoms with Crippen LogP contribution in [0.15, 0.2) is 29.1 Å². The maximum atomic E-state index is 13.2. The van der Waals surface area contributed by atoms with Crippen molar-refractivity contribution in [2.45, 2.75) is 31.3 Å². The average molecular weight is 341 g/mol. The zero-order valence-electron chi connectivity index (χ0n) is 14.1. The molecule has 1 aliphatic rings. The molecule has 1 aromatic heterocycles. The molecule has 3 rings (SSSR count). The minimum Gasteiger partial charge on any atom is -0.473 e. The molecule has 5 nitrogen and oxygen atoms in total. The largest absolute Gasteiger partial charge is 0.473 e. The standard InChI is InChI=1S/C16H15B2F2N3O2/c1-15(2)16(17,18)23-13(22(15)3)7-12(21-14(23)24)25-8-9-4-10(19)6-11(20)5-9/h4-7H,8H2,1-3H3. The summed E-state index contributed by atoms with van der Waals surface area (Å²) in [5, 5.41) is -1.45. The van der Waals surface area contributed by atoms with Gasteiger partial charge in [-0.15, -0.1) is 0 Å². The summed E-state index contributed by atoms with van der Waals surface area (Å²) in [6.07, 6.45) is 0. The third kappa shape index (κ3) is 2.71. The summed E-state index contributed by atoms with van der Waals surface area (Å²) in [4.78, 5) is 17.9. The number of hydrogen-bond donors (Lipinski definition) is 0. The highest BCUT2D eigenvalue weighted by Gasteiger charge is 2.49. The van der Waals surface area contributed by atoms with Crippen molar-refractivity contribution in [2.75, 3.05) is 11.9 Å². The van der Waals surface area contributed by atoms with Gasteiger partial charge in [-0.2, -0.15) is 4.98 Å². The van der Waals surface area contributed by atoms with Crippen LogP contribution < -0.4 is 15.3 Å². The van der Waals surface area contributed by atoms with Crippen LogP contribution in [0.1, 0.15) is 19.4 Å². The Balaban J connectivity index is 1.93. The minimum absolute atomic E-state index is 0.0151. The molecule has 1 aromatic carbocycles. The summed E-state index contributed by atoms with van der Waals surface area (Å²) in [7, 11) is 14.0. The van der Waals surface area contributed by atoms with Crippen LogP contribution in [0.25, 0.3) is 0 Å².